The predicted molar refractivity (Wildman–Crippen MR) is 133 cm³/mol. The monoisotopic (exact) mass is 478 g/mol. The van der Waals surface area contributed by atoms with E-state index >= 15 is 0 Å². The maximum absolute atomic E-state index is 13.7. The molecule has 1 fully saturated rings. The number of ether oxygens (including phenoxy) is 1. The van der Waals surface area contributed by atoms with Gasteiger partial charge in [0.1, 0.15) is 0 Å². The van der Waals surface area contributed by atoms with Gasteiger partial charge < -0.3 is 9.64 Å². The zero-order chi connectivity index (χ0) is 24.3. The van der Waals surface area contributed by atoms with E-state index in [4.69, 9.17) is 4.74 Å². The lowest BCUT2D eigenvalue weighted by Crippen LogP contribution is -2.48. The molecule has 7 heteroatoms. The van der Waals surface area contributed by atoms with E-state index in [1.165, 1.54) is 10.4 Å². The number of morpholine rings is 1. The van der Waals surface area contributed by atoms with Crippen LogP contribution in [-0.2, 0) is 21.3 Å². The molecule has 1 aliphatic heterocycles. The van der Waals surface area contributed by atoms with E-state index in [0.29, 0.717) is 12.1 Å². The van der Waals surface area contributed by atoms with Gasteiger partial charge in [0.2, 0.25) is 10.0 Å². The van der Waals surface area contributed by atoms with Crippen molar-refractivity contribution in [3.63, 3.8) is 0 Å². The fourth-order valence-electron chi connectivity index (χ4n) is 4.26. The minimum Gasteiger partial charge on any atom is -0.373 e. The molecule has 1 saturated heterocycles. The van der Waals surface area contributed by atoms with Gasteiger partial charge in [-0.1, -0.05) is 48.5 Å². The lowest BCUT2D eigenvalue weighted by molar-refractivity contribution is -0.0440. The molecule has 0 bridgehead atoms. The van der Waals surface area contributed by atoms with Crippen LogP contribution < -0.4 is 4.90 Å². The van der Waals surface area contributed by atoms with Crippen LogP contribution in [0, 0.1) is 6.92 Å². The molecule has 3 aromatic carbocycles. The Morgan fingerprint density at radius 3 is 2.29 bits per heavy atom. The summed E-state index contributed by atoms with van der Waals surface area (Å²) in [5.74, 6) is -0.254. The number of benzene rings is 3. The molecule has 0 aliphatic carbocycles. The van der Waals surface area contributed by atoms with E-state index in [2.05, 4.69) is 0 Å². The normalized spacial score (nSPS) is 19.0. The minimum atomic E-state index is -3.76. The second kappa shape index (κ2) is 10.1. The summed E-state index contributed by atoms with van der Waals surface area (Å²) >= 11 is 0. The number of amides is 1. The van der Waals surface area contributed by atoms with E-state index in [9.17, 15) is 13.2 Å². The number of hydrogen-bond donors (Lipinski definition) is 0. The van der Waals surface area contributed by atoms with Crippen LogP contribution in [0.1, 0.15) is 35.3 Å². The van der Waals surface area contributed by atoms with Gasteiger partial charge in [0.15, 0.2) is 0 Å². The van der Waals surface area contributed by atoms with Gasteiger partial charge in [-0.3, -0.25) is 4.79 Å². The van der Waals surface area contributed by atoms with Crippen LogP contribution in [0.2, 0.25) is 0 Å². The van der Waals surface area contributed by atoms with Crippen molar-refractivity contribution in [3.8, 4) is 0 Å². The first-order valence-electron chi connectivity index (χ1n) is 11.4. The van der Waals surface area contributed by atoms with Crippen LogP contribution in [0.25, 0.3) is 0 Å². The topological polar surface area (TPSA) is 66.9 Å². The number of nitrogens with zero attached hydrogens (tertiary/aromatic N) is 2. The third kappa shape index (κ3) is 5.38. The Labute approximate surface area is 201 Å². The van der Waals surface area contributed by atoms with Crippen molar-refractivity contribution in [2.24, 2.45) is 0 Å². The van der Waals surface area contributed by atoms with Gasteiger partial charge in [0, 0.05) is 24.3 Å². The molecule has 34 heavy (non-hydrogen) atoms. The lowest BCUT2D eigenvalue weighted by Gasteiger charge is -2.34. The zero-order valence-corrected chi connectivity index (χ0v) is 20.5. The Morgan fingerprint density at radius 2 is 1.62 bits per heavy atom. The molecule has 2 atom stereocenters. The van der Waals surface area contributed by atoms with Gasteiger partial charge in [0.05, 0.1) is 23.6 Å². The van der Waals surface area contributed by atoms with Gasteiger partial charge in [-0.15, -0.1) is 0 Å². The molecule has 1 aliphatic rings. The molecule has 0 spiro atoms. The number of carbonyl (C=O) groups is 1. The number of hydrogen-bond acceptors (Lipinski definition) is 4. The van der Waals surface area contributed by atoms with Crippen LogP contribution in [0.15, 0.2) is 83.8 Å². The highest BCUT2D eigenvalue weighted by Gasteiger charge is 2.32. The summed E-state index contributed by atoms with van der Waals surface area (Å²) in [4.78, 5) is 15.5. The highest BCUT2D eigenvalue weighted by atomic mass is 32.2. The first-order chi connectivity index (χ1) is 16.2. The predicted octanol–water partition coefficient (Wildman–Crippen LogP) is 4.64. The summed E-state index contributed by atoms with van der Waals surface area (Å²) in [5, 5.41) is 0. The first-order valence-corrected chi connectivity index (χ1v) is 12.9. The highest BCUT2D eigenvalue weighted by Crippen LogP contribution is 2.25. The van der Waals surface area contributed by atoms with E-state index in [-0.39, 0.29) is 36.1 Å². The van der Waals surface area contributed by atoms with E-state index in [1.807, 2.05) is 75.4 Å². The van der Waals surface area contributed by atoms with Gasteiger partial charge in [-0.25, -0.2) is 8.42 Å². The van der Waals surface area contributed by atoms with Crippen molar-refractivity contribution in [1.82, 2.24) is 4.31 Å². The van der Waals surface area contributed by atoms with Crippen molar-refractivity contribution in [3.05, 3.63) is 95.6 Å². The molecule has 6 nitrogen and oxygen atoms in total. The van der Waals surface area contributed by atoms with Crippen molar-refractivity contribution in [2.75, 3.05) is 18.0 Å². The number of sulfonamides is 1. The van der Waals surface area contributed by atoms with Gasteiger partial charge in [0.25, 0.3) is 5.91 Å². The molecule has 1 heterocycles. The molecular formula is C27H30N2O4S. The van der Waals surface area contributed by atoms with E-state index in [0.717, 1.165) is 16.8 Å². The SMILES string of the molecule is Cc1cccc(N(Cc2ccccc2)C(=O)c2cccc(S(=O)(=O)N3C[C@H](C)O[C@@H](C)C3)c2)c1. The highest BCUT2D eigenvalue weighted by molar-refractivity contribution is 7.89. The van der Waals surface area contributed by atoms with E-state index in [1.54, 1.807) is 23.1 Å². The smallest absolute Gasteiger partial charge is 0.258 e. The molecule has 178 valence electrons. The van der Waals surface area contributed by atoms with Crippen LogP contribution >= 0.6 is 0 Å². The van der Waals surface area contributed by atoms with Crippen molar-refractivity contribution >= 4 is 21.6 Å². The maximum atomic E-state index is 13.7. The fourth-order valence-corrected chi connectivity index (χ4v) is 5.90. The molecule has 0 aromatic heterocycles. The Balaban J connectivity index is 1.68. The molecular weight excluding hydrogens is 448 g/mol. The largest absolute Gasteiger partial charge is 0.373 e. The molecule has 0 saturated carbocycles. The number of anilines is 1. The number of rotatable bonds is 6. The Bertz CT molecular complexity index is 1250. The average Bonchev–Trinajstić information content (AvgIpc) is 2.82. The number of carbonyl (C=O) groups excluding carboxylic acids is 1. The van der Waals surface area contributed by atoms with Gasteiger partial charge >= 0.3 is 0 Å². The lowest BCUT2D eigenvalue weighted by atomic mass is 10.1. The second-order valence-corrected chi connectivity index (χ2v) is 10.8. The average molecular weight is 479 g/mol. The van der Waals surface area contributed by atoms with Crippen LogP contribution in [0.3, 0.4) is 0 Å². The summed E-state index contributed by atoms with van der Waals surface area (Å²) in [5.41, 5.74) is 3.11. The molecule has 0 radical (unpaired) electrons. The molecule has 1 amide bonds. The summed E-state index contributed by atoms with van der Waals surface area (Å²) in [6, 6.07) is 23.8. The van der Waals surface area contributed by atoms with Crippen molar-refractivity contribution < 1.29 is 17.9 Å². The zero-order valence-electron chi connectivity index (χ0n) is 19.7. The maximum Gasteiger partial charge on any atom is 0.258 e. The Hall–Kier alpha value is -3.00. The first kappa shape index (κ1) is 24.1. The third-order valence-corrected chi connectivity index (χ3v) is 7.67. The van der Waals surface area contributed by atoms with Crippen LogP contribution in [0.5, 0.6) is 0 Å². The summed E-state index contributed by atoms with van der Waals surface area (Å²) in [7, 11) is -3.76. The molecule has 3 aromatic rings. The summed E-state index contributed by atoms with van der Waals surface area (Å²) < 4.78 is 33.9. The quantitative estimate of drug-likeness (QED) is 0.518. The fraction of sp³-hybridized carbons (Fsp3) is 0.296. The summed E-state index contributed by atoms with van der Waals surface area (Å²) in [6.45, 7) is 6.65. The summed E-state index contributed by atoms with van der Waals surface area (Å²) in [6.07, 6.45) is -0.378. The van der Waals surface area contributed by atoms with Crippen LogP contribution in [0.4, 0.5) is 5.69 Å². The Morgan fingerprint density at radius 1 is 0.941 bits per heavy atom. The third-order valence-electron chi connectivity index (χ3n) is 5.85. The minimum absolute atomic E-state index is 0.114. The molecule has 0 unspecified atom stereocenters. The number of aryl methyl sites for hydroxylation is 1. The van der Waals surface area contributed by atoms with Gasteiger partial charge in [-0.2, -0.15) is 4.31 Å². The Kier molecular flexibility index (Phi) is 7.16. The second-order valence-electron chi connectivity index (χ2n) is 8.82. The molecule has 4 rings (SSSR count). The molecule has 0 N–H and O–H groups in total. The van der Waals surface area contributed by atoms with Gasteiger partial charge in [-0.05, 0) is 62.2 Å². The van der Waals surface area contributed by atoms with E-state index < -0.39 is 10.0 Å². The standard InChI is InChI=1S/C27H30N2O4S/c1-20-9-7-13-25(15-20)29(19-23-10-5-4-6-11-23)27(30)24-12-8-14-26(16-24)34(31,32)28-17-21(2)33-22(3)18-28/h4-16,21-22H,17-19H2,1-3H3/t21-,22-/m0/s1. The van der Waals surface area contributed by atoms with Crippen molar-refractivity contribution in [1.29, 1.82) is 0 Å². The van der Waals surface area contributed by atoms with Crippen LogP contribution in [-0.4, -0.2) is 43.9 Å². The van der Waals surface area contributed by atoms with Crippen molar-refractivity contribution in [2.45, 2.75) is 44.4 Å².